The molecule has 0 aliphatic heterocycles. The molecular weight excluding hydrogens is 384 g/mol. The van der Waals surface area contributed by atoms with Crippen LogP contribution >= 0.6 is 22.7 Å². The van der Waals surface area contributed by atoms with E-state index in [1.54, 1.807) is 42.8 Å². The van der Waals surface area contributed by atoms with Crippen molar-refractivity contribution in [3.63, 3.8) is 0 Å². The standard InChI is InChI=1S/C19H18N2O4S2/c1-3-24-19(23)16-8-12(2)27-18(16)21-17(22)13-4-6-15(7-5-13)25-9-14-10-26-11-20-14/h4-8,10-11H,3,9H2,1-2H3,(H,21,22). The summed E-state index contributed by atoms with van der Waals surface area (Å²) in [6, 6.07) is 8.53. The zero-order valence-corrected chi connectivity index (χ0v) is 16.5. The molecule has 6 nitrogen and oxygen atoms in total. The number of aromatic nitrogens is 1. The Bertz CT molecular complexity index is 918. The summed E-state index contributed by atoms with van der Waals surface area (Å²) in [6.07, 6.45) is 0. The Morgan fingerprint density at radius 3 is 2.67 bits per heavy atom. The molecule has 1 N–H and O–H groups in total. The van der Waals surface area contributed by atoms with Crippen LogP contribution in [0.1, 0.15) is 38.2 Å². The van der Waals surface area contributed by atoms with Gasteiger partial charge < -0.3 is 14.8 Å². The van der Waals surface area contributed by atoms with Crippen LogP contribution in [0.5, 0.6) is 5.75 Å². The third-order valence-corrected chi connectivity index (χ3v) is 5.17. The molecular formula is C19H18N2O4S2. The molecule has 0 bridgehead atoms. The summed E-state index contributed by atoms with van der Waals surface area (Å²) in [4.78, 5) is 29.6. The Hall–Kier alpha value is -2.71. The van der Waals surface area contributed by atoms with Gasteiger partial charge in [0.05, 0.1) is 23.4 Å². The van der Waals surface area contributed by atoms with Gasteiger partial charge in [-0.3, -0.25) is 4.79 Å². The molecule has 0 radical (unpaired) electrons. The van der Waals surface area contributed by atoms with Crippen LogP contribution in [-0.2, 0) is 11.3 Å². The normalized spacial score (nSPS) is 10.4. The van der Waals surface area contributed by atoms with E-state index >= 15 is 0 Å². The number of thiazole rings is 1. The molecule has 0 spiro atoms. The summed E-state index contributed by atoms with van der Waals surface area (Å²) >= 11 is 2.85. The second-order valence-electron chi connectivity index (χ2n) is 5.57. The largest absolute Gasteiger partial charge is 0.487 e. The van der Waals surface area contributed by atoms with Crippen LogP contribution in [-0.4, -0.2) is 23.5 Å². The fourth-order valence-corrected chi connectivity index (χ4v) is 3.75. The topological polar surface area (TPSA) is 77.5 Å². The van der Waals surface area contributed by atoms with Gasteiger partial charge in [-0.05, 0) is 44.2 Å². The number of rotatable bonds is 7. The number of esters is 1. The fraction of sp³-hybridized carbons (Fsp3) is 0.211. The minimum Gasteiger partial charge on any atom is -0.487 e. The molecule has 0 aliphatic rings. The molecule has 3 rings (SSSR count). The van der Waals surface area contributed by atoms with Crippen LogP contribution in [0.2, 0.25) is 0 Å². The van der Waals surface area contributed by atoms with E-state index in [4.69, 9.17) is 9.47 Å². The van der Waals surface area contributed by atoms with E-state index in [1.807, 2.05) is 12.3 Å². The molecule has 2 aromatic heterocycles. The Kier molecular flexibility index (Phi) is 6.20. The highest BCUT2D eigenvalue weighted by atomic mass is 32.1. The maximum Gasteiger partial charge on any atom is 0.341 e. The second-order valence-corrected chi connectivity index (χ2v) is 7.54. The molecule has 27 heavy (non-hydrogen) atoms. The number of nitrogens with one attached hydrogen (secondary N) is 1. The molecule has 0 saturated heterocycles. The lowest BCUT2D eigenvalue weighted by molar-refractivity contribution is 0.0528. The number of amides is 1. The molecule has 3 aromatic rings. The van der Waals surface area contributed by atoms with Crippen molar-refractivity contribution in [3.8, 4) is 5.75 Å². The maximum absolute atomic E-state index is 12.5. The first-order valence-corrected chi connectivity index (χ1v) is 10.0. The van der Waals surface area contributed by atoms with Gasteiger partial charge in [0.15, 0.2) is 0 Å². The van der Waals surface area contributed by atoms with Crippen molar-refractivity contribution >= 4 is 39.6 Å². The van der Waals surface area contributed by atoms with Crippen molar-refractivity contribution in [1.82, 2.24) is 4.98 Å². The molecule has 8 heteroatoms. The van der Waals surface area contributed by atoms with Crippen LogP contribution in [0, 0.1) is 6.92 Å². The third-order valence-electron chi connectivity index (χ3n) is 3.56. The van der Waals surface area contributed by atoms with Crippen molar-refractivity contribution in [3.05, 3.63) is 62.9 Å². The molecule has 0 fully saturated rings. The lowest BCUT2D eigenvalue weighted by Crippen LogP contribution is -2.14. The average Bonchev–Trinajstić information content (AvgIpc) is 3.30. The summed E-state index contributed by atoms with van der Waals surface area (Å²) in [5.74, 6) is -0.0879. The predicted molar refractivity (Wildman–Crippen MR) is 106 cm³/mol. The van der Waals surface area contributed by atoms with Gasteiger partial charge in [0.1, 0.15) is 17.4 Å². The van der Waals surface area contributed by atoms with Gasteiger partial charge in [-0.25, -0.2) is 9.78 Å². The van der Waals surface area contributed by atoms with Gasteiger partial charge in [-0.2, -0.15) is 0 Å². The smallest absolute Gasteiger partial charge is 0.341 e. The Labute approximate surface area is 164 Å². The second kappa shape index (κ2) is 8.79. The van der Waals surface area contributed by atoms with Crippen LogP contribution < -0.4 is 10.1 Å². The minimum atomic E-state index is -0.442. The Morgan fingerprint density at radius 1 is 1.22 bits per heavy atom. The molecule has 1 amide bonds. The van der Waals surface area contributed by atoms with E-state index in [0.29, 0.717) is 28.5 Å². The SMILES string of the molecule is CCOC(=O)c1cc(C)sc1NC(=O)c1ccc(OCc2cscn2)cc1. The molecule has 0 unspecified atom stereocenters. The molecule has 0 saturated carbocycles. The highest BCUT2D eigenvalue weighted by molar-refractivity contribution is 7.16. The molecule has 2 heterocycles. The first-order chi connectivity index (χ1) is 13.1. The van der Waals surface area contributed by atoms with Crippen molar-refractivity contribution in [1.29, 1.82) is 0 Å². The highest BCUT2D eigenvalue weighted by Gasteiger charge is 2.18. The Morgan fingerprint density at radius 2 is 2.00 bits per heavy atom. The van der Waals surface area contributed by atoms with Crippen LogP contribution in [0.25, 0.3) is 0 Å². The average molecular weight is 402 g/mol. The van der Waals surface area contributed by atoms with E-state index < -0.39 is 5.97 Å². The number of carbonyl (C=O) groups excluding carboxylic acids is 2. The van der Waals surface area contributed by atoms with E-state index in [1.165, 1.54) is 22.7 Å². The number of hydrogen-bond acceptors (Lipinski definition) is 7. The summed E-state index contributed by atoms with van der Waals surface area (Å²) in [5.41, 5.74) is 3.46. The summed E-state index contributed by atoms with van der Waals surface area (Å²) in [7, 11) is 0. The van der Waals surface area contributed by atoms with Gasteiger partial charge >= 0.3 is 5.97 Å². The molecule has 0 aliphatic carbocycles. The summed E-state index contributed by atoms with van der Waals surface area (Å²) in [6.45, 7) is 4.28. The third kappa shape index (κ3) is 4.93. The minimum absolute atomic E-state index is 0.281. The van der Waals surface area contributed by atoms with E-state index in [0.717, 1.165) is 10.6 Å². The lowest BCUT2D eigenvalue weighted by atomic mass is 10.2. The first-order valence-electron chi connectivity index (χ1n) is 8.25. The molecule has 0 atom stereocenters. The number of thiophene rings is 1. The van der Waals surface area contributed by atoms with Crippen molar-refractivity contribution in [2.45, 2.75) is 20.5 Å². The number of hydrogen-bond donors (Lipinski definition) is 1. The van der Waals surface area contributed by atoms with Gasteiger partial charge in [0.25, 0.3) is 5.91 Å². The number of nitrogens with zero attached hydrogens (tertiary/aromatic N) is 1. The van der Waals surface area contributed by atoms with Gasteiger partial charge in [-0.15, -0.1) is 22.7 Å². The van der Waals surface area contributed by atoms with Gasteiger partial charge in [0.2, 0.25) is 0 Å². The zero-order chi connectivity index (χ0) is 19.2. The van der Waals surface area contributed by atoms with E-state index in [2.05, 4.69) is 10.3 Å². The predicted octanol–water partition coefficient (Wildman–Crippen LogP) is 4.52. The number of benzene rings is 1. The molecule has 1 aromatic carbocycles. The first kappa shape index (κ1) is 19.1. The number of aryl methyl sites for hydroxylation is 1. The van der Waals surface area contributed by atoms with Crippen molar-refractivity contribution in [2.75, 3.05) is 11.9 Å². The van der Waals surface area contributed by atoms with Gasteiger partial charge in [-0.1, -0.05) is 0 Å². The van der Waals surface area contributed by atoms with Crippen molar-refractivity contribution < 1.29 is 19.1 Å². The number of carbonyl (C=O) groups is 2. The van der Waals surface area contributed by atoms with Crippen molar-refractivity contribution in [2.24, 2.45) is 0 Å². The van der Waals surface area contributed by atoms with Gasteiger partial charge in [0, 0.05) is 15.8 Å². The van der Waals surface area contributed by atoms with Crippen LogP contribution in [0.15, 0.2) is 41.2 Å². The quantitative estimate of drug-likeness (QED) is 0.588. The molecule has 140 valence electrons. The number of anilines is 1. The lowest BCUT2D eigenvalue weighted by Gasteiger charge is -2.08. The monoisotopic (exact) mass is 402 g/mol. The zero-order valence-electron chi connectivity index (χ0n) is 14.9. The highest BCUT2D eigenvalue weighted by Crippen LogP contribution is 2.29. The van der Waals surface area contributed by atoms with E-state index in [-0.39, 0.29) is 12.5 Å². The van der Waals surface area contributed by atoms with E-state index in [9.17, 15) is 9.59 Å². The van der Waals surface area contributed by atoms with Crippen LogP contribution in [0.3, 0.4) is 0 Å². The number of ether oxygens (including phenoxy) is 2. The Balaban J connectivity index is 1.65. The van der Waals surface area contributed by atoms with Crippen LogP contribution in [0.4, 0.5) is 5.00 Å². The summed E-state index contributed by atoms with van der Waals surface area (Å²) in [5, 5.41) is 5.20. The summed E-state index contributed by atoms with van der Waals surface area (Å²) < 4.78 is 10.7. The maximum atomic E-state index is 12.5. The fourth-order valence-electron chi connectivity index (χ4n) is 2.31.